The van der Waals surface area contributed by atoms with E-state index in [1.807, 2.05) is 24.3 Å². The van der Waals surface area contributed by atoms with Crippen molar-refractivity contribution in [3.8, 4) is 0 Å². The maximum atomic E-state index is 5.73. The summed E-state index contributed by atoms with van der Waals surface area (Å²) in [5, 5.41) is 2.57. The van der Waals surface area contributed by atoms with Gasteiger partial charge in [0.2, 0.25) is 0 Å². The highest BCUT2D eigenvalue weighted by Gasteiger charge is 2.31. The highest BCUT2D eigenvalue weighted by atomic mass is 35.5. The quantitative estimate of drug-likeness (QED) is 0.510. The Morgan fingerprint density at radius 3 is 2.36 bits per heavy atom. The summed E-state index contributed by atoms with van der Waals surface area (Å²) in [5.41, 5.74) is 1.25. The van der Waals surface area contributed by atoms with Gasteiger partial charge in [0.25, 0.3) is 0 Å². The van der Waals surface area contributed by atoms with Crippen molar-refractivity contribution in [2.75, 3.05) is 6.54 Å². The van der Waals surface area contributed by atoms with E-state index in [0.717, 1.165) is 11.6 Å². The number of nitrogens with two attached hydrogens (primary N) is 1. The van der Waals surface area contributed by atoms with E-state index in [9.17, 15) is 0 Å². The van der Waals surface area contributed by atoms with E-state index < -0.39 is 0 Å². The molecule has 1 aromatic rings. The van der Waals surface area contributed by atoms with Crippen LogP contribution in [0.25, 0.3) is 0 Å². The van der Waals surface area contributed by atoms with Crippen molar-refractivity contribution in [1.29, 1.82) is 0 Å². The van der Waals surface area contributed by atoms with Gasteiger partial charge < -0.3 is 0 Å². The zero-order chi connectivity index (χ0) is 7.84. The fourth-order valence-corrected chi connectivity index (χ4v) is 1.26. The van der Waals surface area contributed by atoms with Crippen molar-refractivity contribution < 1.29 is 0 Å². The third-order valence-corrected chi connectivity index (χ3v) is 2.16. The molecule has 2 rings (SSSR count). The second kappa shape index (κ2) is 2.48. The first kappa shape index (κ1) is 7.10. The smallest absolute Gasteiger partial charge is 0.0632 e. The maximum Gasteiger partial charge on any atom is 0.0632 e. The van der Waals surface area contributed by atoms with Crippen LogP contribution in [-0.2, 0) is 0 Å². The zero-order valence-electron chi connectivity index (χ0n) is 6.00. The molecular weight excluding hydrogens is 160 g/mol. The number of hydrogen-bond donors (Lipinski definition) is 1. The Bertz CT molecular complexity index is 257. The van der Waals surface area contributed by atoms with Crippen molar-refractivity contribution in [1.82, 2.24) is 5.01 Å². The summed E-state index contributed by atoms with van der Waals surface area (Å²) in [5.74, 6) is 5.54. The Labute approximate surface area is 70.5 Å². The maximum absolute atomic E-state index is 5.73. The molecule has 1 fully saturated rings. The molecule has 0 radical (unpaired) electrons. The highest BCUT2D eigenvalue weighted by molar-refractivity contribution is 6.30. The molecule has 58 valence electrons. The van der Waals surface area contributed by atoms with E-state index in [4.69, 9.17) is 17.4 Å². The van der Waals surface area contributed by atoms with Gasteiger partial charge >= 0.3 is 0 Å². The molecule has 0 spiro atoms. The molecule has 2 N–H and O–H groups in total. The lowest BCUT2D eigenvalue weighted by Gasteiger charge is -1.97. The minimum absolute atomic E-state index is 0.423. The van der Waals surface area contributed by atoms with Gasteiger partial charge in [-0.3, -0.25) is 5.84 Å². The molecule has 2 nitrogen and oxygen atoms in total. The number of hydrazine groups is 1. The molecule has 0 amide bonds. The molecule has 2 unspecified atom stereocenters. The molecule has 3 heteroatoms. The molecule has 1 aromatic carbocycles. The summed E-state index contributed by atoms with van der Waals surface area (Å²) in [6, 6.07) is 8.23. The predicted molar refractivity (Wildman–Crippen MR) is 45.1 cm³/mol. The molecule has 0 saturated carbocycles. The Balaban J connectivity index is 2.21. The van der Waals surface area contributed by atoms with Crippen LogP contribution in [0.15, 0.2) is 24.3 Å². The summed E-state index contributed by atoms with van der Waals surface area (Å²) in [7, 11) is 0. The number of hydrogen-bond acceptors (Lipinski definition) is 2. The molecule has 1 aliphatic rings. The third kappa shape index (κ3) is 1.38. The van der Waals surface area contributed by atoms with Crippen LogP contribution in [0, 0.1) is 0 Å². The molecule has 0 bridgehead atoms. The Morgan fingerprint density at radius 1 is 1.36 bits per heavy atom. The topological polar surface area (TPSA) is 29.0 Å². The van der Waals surface area contributed by atoms with Gasteiger partial charge in [-0.25, -0.2) is 5.01 Å². The minimum atomic E-state index is 0.423. The lowest BCUT2D eigenvalue weighted by molar-refractivity contribution is 0.548. The second-order valence-corrected chi connectivity index (χ2v) is 3.20. The van der Waals surface area contributed by atoms with E-state index in [0.29, 0.717) is 6.04 Å². The Kier molecular flexibility index (Phi) is 1.60. The van der Waals surface area contributed by atoms with Crippen LogP contribution in [0.2, 0.25) is 5.02 Å². The van der Waals surface area contributed by atoms with E-state index in [1.54, 1.807) is 5.01 Å². The molecule has 1 saturated heterocycles. The van der Waals surface area contributed by atoms with Gasteiger partial charge in [0.1, 0.15) is 0 Å². The van der Waals surface area contributed by atoms with Crippen molar-refractivity contribution in [2.45, 2.75) is 6.04 Å². The lowest BCUT2D eigenvalue weighted by Crippen LogP contribution is -2.05. The van der Waals surface area contributed by atoms with Gasteiger partial charge in [0.15, 0.2) is 0 Å². The molecule has 2 atom stereocenters. The summed E-state index contributed by atoms with van der Waals surface area (Å²) in [6.07, 6.45) is 0. The fraction of sp³-hybridized carbons (Fsp3) is 0.250. The van der Waals surface area contributed by atoms with E-state index in [1.165, 1.54) is 5.56 Å². The number of benzene rings is 1. The second-order valence-electron chi connectivity index (χ2n) is 2.76. The number of nitrogens with zero attached hydrogens (tertiary/aromatic N) is 1. The van der Waals surface area contributed by atoms with Crippen LogP contribution in [-0.4, -0.2) is 11.6 Å². The van der Waals surface area contributed by atoms with Crippen LogP contribution in [0.4, 0.5) is 0 Å². The summed E-state index contributed by atoms with van der Waals surface area (Å²) in [6.45, 7) is 0.960. The first-order valence-electron chi connectivity index (χ1n) is 3.54. The fourth-order valence-electron chi connectivity index (χ4n) is 1.13. The van der Waals surface area contributed by atoms with Gasteiger partial charge in [-0.1, -0.05) is 23.7 Å². The lowest BCUT2D eigenvalue weighted by atomic mass is 10.2. The Hall–Kier alpha value is -0.570. The van der Waals surface area contributed by atoms with E-state index >= 15 is 0 Å². The monoisotopic (exact) mass is 168 g/mol. The van der Waals surface area contributed by atoms with Crippen LogP contribution >= 0.6 is 11.6 Å². The van der Waals surface area contributed by atoms with Gasteiger partial charge in [0.05, 0.1) is 6.04 Å². The molecule has 0 aromatic heterocycles. The van der Waals surface area contributed by atoms with Gasteiger partial charge in [-0.15, -0.1) is 0 Å². The van der Waals surface area contributed by atoms with Crippen LogP contribution in [0.3, 0.4) is 0 Å². The van der Waals surface area contributed by atoms with Gasteiger partial charge in [0, 0.05) is 11.6 Å². The van der Waals surface area contributed by atoms with E-state index in [-0.39, 0.29) is 0 Å². The predicted octanol–water partition coefficient (Wildman–Crippen LogP) is 1.57. The van der Waals surface area contributed by atoms with Gasteiger partial charge in [-0.2, -0.15) is 0 Å². The molecule has 1 aliphatic heterocycles. The van der Waals surface area contributed by atoms with Crippen LogP contribution in [0.1, 0.15) is 11.6 Å². The van der Waals surface area contributed by atoms with E-state index in [2.05, 4.69) is 0 Å². The average molecular weight is 169 g/mol. The summed E-state index contributed by atoms with van der Waals surface area (Å²) in [4.78, 5) is 0. The summed E-state index contributed by atoms with van der Waals surface area (Å²) < 4.78 is 0. The molecule has 11 heavy (non-hydrogen) atoms. The highest BCUT2D eigenvalue weighted by Crippen LogP contribution is 2.30. The van der Waals surface area contributed by atoms with Gasteiger partial charge in [-0.05, 0) is 17.7 Å². The molecule has 0 aliphatic carbocycles. The van der Waals surface area contributed by atoms with Crippen molar-refractivity contribution in [3.63, 3.8) is 0 Å². The van der Waals surface area contributed by atoms with Crippen molar-refractivity contribution in [2.24, 2.45) is 5.84 Å². The zero-order valence-corrected chi connectivity index (χ0v) is 6.75. The van der Waals surface area contributed by atoms with Crippen molar-refractivity contribution >= 4 is 11.6 Å². The van der Waals surface area contributed by atoms with Crippen LogP contribution < -0.4 is 5.84 Å². The van der Waals surface area contributed by atoms with Crippen molar-refractivity contribution in [3.05, 3.63) is 34.9 Å². The van der Waals surface area contributed by atoms with Crippen LogP contribution in [0.5, 0.6) is 0 Å². The number of halogens is 1. The Morgan fingerprint density at radius 2 is 1.91 bits per heavy atom. The standard InChI is InChI=1S/C8H9ClN2/c9-7-3-1-6(2-4-7)8-5-11(8)10/h1-4,8H,5,10H2. The average Bonchev–Trinajstić information content (AvgIpc) is 2.69. The normalized spacial score (nSPS) is 28.5. The summed E-state index contributed by atoms with van der Waals surface area (Å²) >= 11 is 5.73. The number of rotatable bonds is 1. The first-order chi connectivity index (χ1) is 5.27. The third-order valence-electron chi connectivity index (χ3n) is 1.91. The minimum Gasteiger partial charge on any atom is -0.268 e. The SMILES string of the molecule is NN1CC1c1ccc(Cl)cc1. The molecule has 1 heterocycles. The molecular formula is C8H9ClN2. The first-order valence-corrected chi connectivity index (χ1v) is 3.92. The largest absolute Gasteiger partial charge is 0.268 e.